The molecule has 2 aromatic rings. The first-order chi connectivity index (χ1) is 8.66. The molecule has 7 nitrogen and oxygen atoms in total. The number of unbranched alkanes of at least 4 members (excludes halogenated alkanes) is 1. The molecule has 0 saturated heterocycles. The van der Waals surface area contributed by atoms with Crippen molar-refractivity contribution in [1.82, 2.24) is 14.4 Å². The Morgan fingerprint density at radius 1 is 1.44 bits per heavy atom. The van der Waals surface area contributed by atoms with Gasteiger partial charge >= 0.3 is 0 Å². The van der Waals surface area contributed by atoms with Crippen molar-refractivity contribution in [3.8, 4) is 0 Å². The zero-order valence-electron chi connectivity index (χ0n) is 9.97. The number of rotatable bonds is 6. The molecule has 18 heavy (non-hydrogen) atoms. The first kappa shape index (κ1) is 12.2. The van der Waals surface area contributed by atoms with E-state index < -0.39 is 0 Å². The van der Waals surface area contributed by atoms with Gasteiger partial charge in [0.1, 0.15) is 5.82 Å². The van der Waals surface area contributed by atoms with Crippen LogP contribution >= 0.6 is 0 Å². The van der Waals surface area contributed by atoms with E-state index in [1.807, 2.05) is 10.6 Å². The van der Waals surface area contributed by atoms with Gasteiger partial charge in [0.05, 0.1) is 6.20 Å². The van der Waals surface area contributed by atoms with Crippen LogP contribution in [0.25, 0.3) is 5.65 Å². The van der Waals surface area contributed by atoms with Gasteiger partial charge in [-0.05, 0) is 12.8 Å². The van der Waals surface area contributed by atoms with Crippen molar-refractivity contribution < 1.29 is 4.79 Å². The van der Waals surface area contributed by atoms with Crippen molar-refractivity contribution in [2.75, 3.05) is 17.6 Å². The molecule has 0 aromatic carbocycles. The fourth-order valence-corrected chi connectivity index (χ4v) is 1.70. The summed E-state index contributed by atoms with van der Waals surface area (Å²) in [6.45, 7) is 0.701. The molecule has 5 N–H and O–H groups in total. The summed E-state index contributed by atoms with van der Waals surface area (Å²) >= 11 is 0. The lowest BCUT2D eigenvalue weighted by molar-refractivity contribution is -0.118. The van der Waals surface area contributed by atoms with Crippen molar-refractivity contribution in [1.29, 1.82) is 0 Å². The van der Waals surface area contributed by atoms with Crippen LogP contribution in [-0.4, -0.2) is 26.8 Å². The van der Waals surface area contributed by atoms with Crippen LogP contribution in [0.15, 0.2) is 18.6 Å². The number of fused-ring (bicyclic) bond motifs is 1. The van der Waals surface area contributed by atoms with Gasteiger partial charge in [-0.15, -0.1) is 0 Å². The molecule has 2 heterocycles. The lowest BCUT2D eigenvalue weighted by Gasteiger charge is -2.07. The molecule has 0 saturated carbocycles. The molecule has 0 spiro atoms. The van der Waals surface area contributed by atoms with Crippen molar-refractivity contribution >= 4 is 23.2 Å². The molecule has 2 rings (SSSR count). The first-order valence-electron chi connectivity index (χ1n) is 5.78. The number of hydrogen-bond donors (Lipinski definition) is 3. The summed E-state index contributed by atoms with van der Waals surface area (Å²) in [7, 11) is 0. The summed E-state index contributed by atoms with van der Waals surface area (Å²) in [6.07, 6.45) is 7.22. The zero-order valence-corrected chi connectivity index (χ0v) is 9.97. The van der Waals surface area contributed by atoms with E-state index in [1.165, 1.54) is 0 Å². The Labute approximate surface area is 104 Å². The predicted octanol–water partition coefficient (Wildman–Crippen LogP) is 0.379. The van der Waals surface area contributed by atoms with Crippen LogP contribution in [0.1, 0.15) is 19.3 Å². The van der Waals surface area contributed by atoms with E-state index in [0.29, 0.717) is 24.6 Å². The van der Waals surface area contributed by atoms with Crippen LogP contribution < -0.4 is 16.8 Å². The van der Waals surface area contributed by atoms with Crippen molar-refractivity contribution in [2.24, 2.45) is 5.73 Å². The number of carbonyl (C=O) groups is 1. The quantitative estimate of drug-likeness (QED) is 0.640. The monoisotopic (exact) mass is 248 g/mol. The van der Waals surface area contributed by atoms with Crippen LogP contribution in [0, 0.1) is 0 Å². The summed E-state index contributed by atoms with van der Waals surface area (Å²) in [5.74, 6) is 0.812. The third kappa shape index (κ3) is 2.88. The lowest BCUT2D eigenvalue weighted by Crippen LogP contribution is -2.11. The average Bonchev–Trinajstić information content (AvgIpc) is 2.75. The van der Waals surface area contributed by atoms with Crippen LogP contribution in [0.3, 0.4) is 0 Å². The first-order valence-corrected chi connectivity index (χ1v) is 5.78. The molecule has 1 amide bonds. The summed E-state index contributed by atoms with van der Waals surface area (Å²) < 4.78 is 1.81. The fourth-order valence-electron chi connectivity index (χ4n) is 1.70. The molecule has 0 aliphatic heterocycles. The van der Waals surface area contributed by atoms with Crippen LogP contribution in [-0.2, 0) is 4.79 Å². The van der Waals surface area contributed by atoms with Gasteiger partial charge < -0.3 is 21.2 Å². The van der Waals surface area contributed by atoms with Gasteiger partial charge in [0.25, 0.3) is 0 Å². The van der Waals surface area contributed by atoms with E-state index in [0.717, 1.165) is 18.5 Å². The van der Waals surface area contributed by atoms with E-state index in [1.54, 1.807) is 12.4 Å². The number of nitrogens with zero attached hydrogens (tertiary/aromatic N) is 3. The highest BCUT2D eigenvalue weighted by Gasteiger charge is 2.05. The number of hydrogen-bond acceptors (Lipinski definition) is 5. The number of carbonyl (C=O) groups excluding carboxylic acids is 1. The molecule has 0 atom stereocenters. The molecular weight excluding hydrogens is 232 g/mol. The largest absolute Gasteiger partial charge is 0.382 e. The van der Waals surface area contributed by atoms with Gasteiger partial charge in [-0.1, -0.05) is 0 Å². The maximum atomic E-state index is 10.6. The van der Waals surface area contributed by atoms with E-state index in [-0.39, 0.29) is 5.91 Å². The second-order valence-electron chi connectivity index (χ2n) is 4.02. The highest BCUT2D eigenvalue weighted by molar-refractivity contribution is 5.73. The van der Waals surface area contributed by atoms with E-state index in [9.17, 15) is 4.79 Å². The van der Waals surface area contributed by atoms with Crippen molar-refractivity contribution in [3.05, 3.63) is 18.6 Å². The number of imidazole rings is 1. The number of nitrogens with one attached hydrogen (secondary N) is 1. The topological polar surface area (TPSA) is 111 Å². The normalized spacial score (nSPS) is 10.7. The van der Waals surface area contributed by atoms with Crippen molar-refractivity contribution in [3.63, 3.8) is 0 Å². The number of nitrogens with two attached hydrogens (primary N) is 2. The number of aromatic nitrogens is 3. The van der Waals surface area contributed by atoms with Gasteiger partial charge in [0, 0.05) is 25.4 Å². The van der Waals surface area contributed by atoms with Crippen LogP contribution in [0.2, 0.25) is 0 Å². The summed E-state index contributed by atoms with van der Waals surface area (Å²) in [4.78, 5) is 19.0. The van der Waals surface area contributed by atoms with Gasteiger partial charge in [-0.25, -0.2) is 9.97 Å². The van der Waals surface area contributed by atoms with E-state index in [2.05, 4.69) is 15.3 Å². The molecule has 0 unspecified atom stereocenters. The maximum Gasteiger partial charge on any atom is 0.217 e. The highest BCUT2D eigenvalue weighted by Crippen LogP contribution is 2.14. The Bertz CT molecular complexity index is 549. The third-order valence-corrected chi connectivity index (χ3v) is 2.54. The van der Waals surface area contributed by atoms with Gasteiger partial charge in [-0.3, -0.25) is 4.79 Å². The molecule has 0 aliphatic rings. The Balaban J connectivity index is 1.94. The molecule has 0 bridgehead atoms. The SMILES string of the molecule is NC(=O)CCCCNc1nc(N)cn2ccnc12. The second kappa shape index (κ2) is 5.35. The maximum absolute atomic E-state index is 10.6. The summed E-state index contributed by atoms with van der Waals surface area (Å²) in [6, 6.07) is 0. The zero-order chi connectivity index (χ0) is 13.0. The van der Waals surface area contributed by atoms with E-state index in [4.69, 9.17) is 11.5 Å². The van der Waals surface area contributed by atoms with E-state index >= 15 is 0 Å². The smallest absolute Gasteiger partial charge is 0.217 e. The second-order valence-corrected chi connectivity index (χ2v) is 4.02. The van der Waals surface area contributed by atoms with Gasteiger partial charge in [0.15, 0.2) is 11.5 Å². The average molecular weight is 248 g/mol. The molecular formula is C11H16N6O. The Hall–Kier alpha value is -2.31. The molecule has 2 aromatic heterocycles. The molecule has 96 valence electrons. The molecule has 0 aliphatic carbocycles. The minimum absolute atomic E-state index is 0.271. The summed E-state index contributed by atoms with van der Waals surface area (Å²) in [5.41, 5.74) is 11.5. The van der Waals surface area contributed by atoms with Gasteiger partial charge in [-0.2, -0.15) is 0 Å². The van der Waals surface area contributed by atoms with Crippen molar-refractivity contribution in [2.45, 2.75) is 19.3 Å². The predicted molar refractivity (Wildman–Crippen MR) is 68.9 cm³/mol. The Kier molecular flexibility index (Phi) is 3.61. The third-order valence-electron chi connectivity index (χ3n) is 2.54. The van der Waals surface area contributed by atoms with Crippen LogP contribution in [0.5, 0.6) is 0 Å². The van der Waals surface area contributed by atoms with Gasteiger partial charge in [0.2, 0.25) is 5.91 Å². The number of anilines is 2. The molecule has 7 heteroatoms. The Morgan fingerprint density at radius 3 is 3.06 bits per heavy atom. The minimum Gasteiger partial charge on any atom is -0.382 e. The highest BCUT2D eigenvalue weighted by atomic mass is 16.1. The lowest BCUT2D eigenvalue weighted by atomic mass is 10.2. The molecule has 0 radical (unpaired) electrons. The molecule has 0 fully saturated rings. The minimum atomic E-state index is -0.271. The van der Waals surface area contributed by atoms with Crippen LogP contribution in [0.4, 0.5) is 11.6 Å². The standard InChI is InChI=1S/C11H16N6O/c12-8-7-17-6-5-15-11(17)10(16-8)14-4-2-1-3-9(13)18/h5-7H,1-4,12H2,(H2,13,18)(H,14,16). The summed E-state index contributed by atoms with van der Waals surface area (Å²) in [5, 5.41) is 3.16. The number of nitrogen functional groups attached to an aromatic ring is 1. The number of primary amides is 1. The Morgan fingerprint density at radius 2 is 2.28 bits per heavy atom. The number of amides is 1. The fraction of sp³-hybridized carbons (Fsp3) is 0.364.